The van der Waals surface area contributed by atoms with E-state index in [1.54, 1.807) is 18.2 Å². The summed E-state index contributed by atoms with van der Waals surface area (Å²) < 4.78 is 0. The van der Waals surface area contributed by atoms with Gasteiger partial charge >= 0.3 is 0 Å². The highest BCUT2D eigenvalue weighted by Gasteiger charge is 2.06. The van der Waals surface area contributed by atoms with Gasteiger partial charge in [-0.15, -0.1) is 0 Å². The van der Waals surface area contributed by atoms with Gasteiger partial charge in [-0.2, -0.15) is 0 Å². The average Bonchev–Trinajstić information content (AvgIpc) is 2.39. The fourth-order valence-electron chi connectivity index (χ4n) is 2.04. The van der Waals surface area contributed by atoms with Crippen molar-refractivity contribution in [2.75, 3.05) is 17.2 Å². The number of carbonyl (C=O) groups excluding carboxylic acids is 1. The van der Waals surface area contributed by atoms with E-state index in [9.17, 15) is 4.79 Å². The van der Waals surface area contributed by atoms with Gasteiger partial charge in [-0.25, -0.2) is 0 Å². The molecule has 3 nitrogen and oxygen atoms in total. The Morgan fingerprint density at radius 1 is 1.05 bits per heavy atom. The zero-order valence-electron chi connectivity index (χ0n) is 11.8. The fraction of sp³-hybridized carbons (Fsp3) is 0.188. The van der Waals surface area contributed by atoms with Crippen LogP contribution in [0.25, 0.3) is 0 Å². The van der Waals surface area contributed by atoms with Crippen molar-refractivity contribution in [3.63, 3.8) is 0 Å². The molecule has 0 spiro atoms. The molecule has 1 amide bonds. The highest BCUT2D eigenvalue weighted by molar-refractivity contribution is 6.36. The Kier molecular flexibility index (Phi) is 5.10. The lowest BCUT2D eigenvalue weighted by Gasteiger charge is -2.10. The first-order valence-corrected chi connectivity index (χ1v) is 7.27. The molecule has 0 saturated heterocycles. The van der Waals surface area contributed by atoms with Gasteiger partial charge in [0, 0.05) is 10.7 Å². The summed E-state index contributed by atoms with van der Waals surface area (Å²) in [6, 6.07) is 11.0. The Hall–Kier alpha value is -1.71. The predicted octanol–water partition coefficient (Wildman–Crippen LogP) is 4.66. The van der Waals surface area contributed by atoms with Gasteiger partial charge in [-0.1, -0.05) is 29.3 Å². The third-order valence-corrected chi connectivity index (χ3v) is 3.43. The first kappa shape index (κ1) is 15.7. The van der Waals surface area contributed by atoms with Crippen LogP contribution in [0.15, 0.2) is 36.4 Å². The second-order valence-electron chi connectivity index (χ2n) is 4.90. The molecule has 2 rings (SSSR count). The Bertz CT molecular complexity index is 651. The SMILES string of the molecule is Cc1cc(C)cc(NCC(=O)Nc2ccc(Cl)cc2Cl)c1. The summed E-state index contributed by atoms with van der Waals surface area (Å²) in [6.45, 7) is 4.21. The van der Waals surface area contributed by atoms with Gasteiger partial charge in [0.1, 0.15) is 0 Å². The lowest BCUT2D eigenvalue weighted by molar-refractivity contribution is -0.114. The minimum atomic E-state index is -0.168. The number of carbonyl (C=O) groups is 1. The quantitative estimate of drug-likeness (QED) is 0.859. The summed E-state index contributed by atoms with van der Waals surface area (Å²) in [5, 5.41) is 6.79. The molecule has 21 heavy (non-hydrogen) atoms. The second-order valence-corrected chi connectivity index (χ2v) is 5.75. The molecule has 2 aromatic rings. The van der Waals surface area contributed by atoms with Crippen LogP contribution in [0.1, 0.15) is 11.1 Å². The zero-order valence-corrected chi connectivity index (χ0v) is 13.3. The fourth-order valence-corrected chi connectivity index (χ4v) is 2.50. The summed E-state index contributed by atoms with van der Waals surface area (Å²) in [5.41, 5.74) is 3.77. The minimum Gasteiger partial charge on any atom is -0.376 e. The van der Waals surface area contributed by atoms with Crippen LogP contribution in [0, 0.1) is 13.8 Å². The lowest BCUT2D eigenvalue weighted by Crippen LogP contribution is -2.22. The number of hydrogen-bond acceptors (Lipinski definition) is 2. The zero-order chi connectivity index (χ0) is 15.4. The van der Waals surface area contributed by atoms with Crippen LogP contribution in [-0.2, 0) is 4.79 Å². The van der Waals surface area contributed by atoms with E-state index in [0.717, 1.165) is 16.8 Å². The van der Waals surface area contributed by atoms with E-state index in [-0.39, 0.29) is 12.5 Å². The summed E-state index contributed by atoms with van der Waals surface area (Å²) >= 11 is 11.8. The lowest BCUT2D eigenvalue weighted by atomic mass is 10.1. The molecule has 2 N–H and O–H groups in total. The highest BCUT2D eigenvalue weighted by atomic mass is 35.5. The third-order valence-electron chi connectivity index (χ3n) is 2.88. The standard InChI is InChI=1S/C16H16Cl2N2O/c1-10-5-11(2)7-13(6-10)19-9-16(21)20-15-4-3-12(17)8-14(15)18/h3-8,19H,9H2,1-2H3,(H,20,21). The predicted molar refractivity (Wildman–Crippen MR) is 89.5 cm³/mol. The Morgan fingerprint density at radius 2 is 1.71 bits per heavy atom. The van der Waals surface area contributed by atoms with E-state index in [4.69, 9.17) is 23.2 Å². The molecule has 0 atom stereocenters. The molecule has 0 heterocycles. The number of amides is 1. The van der Waals surface area contributed by atoms with Crippen LogP contribution in [0.2, 0.25) is 10.0 Å². The molecule has 0 aliphatic carbocycles. The first-order chi connectivity index (χ1) is 9.94. The smallest absolute Gasteiger partial charge is 0.243 e. The van der Waals surface area contributed by atoms with Crippen LogP contribution in [-0.4, -0.2) is 12.5 Å². The van der Waals surface area contributed by atoms with Crippen molar-refractivity contribution in [1.82, 2.24) is 0 Å². The minimum absolute atomic E-state index is 0.168. The van der Waals surface area contributed by atoms with Crippen molar-refractivity contribution in [2.24, 2.45) is 0 Å². The van der Waals surface area contributed by atoms with Crippen LogP contribution in [0.3, 0.4) is 0 Å². The summed E-state index contributed by atoms with van der Waals surface area (Å²) in [6.07, 6.45) is 0. The molecule has 0 aliphatic rings. The Labute approximate surface area is 134 Å². The average molecular weight is 323 g/mol. The maximum atomic E-state index is 11.9. The maximum absolute atomic E-state index is 11.9. The van der Waals surface area contributed by atoms with E-state index in [1.807, 2.05) is 26.0 Å². The van der Waals surface area contributed by atoms with Gasteiger partial charge < -0.3 is 10.6 Å². The molecule has 0 radical (unpaired) electrons. The van der Waals surface area contributed by atoms with Gasteiger partial charge in [0.15, 0.2) is 0 Å². The number of aryl methyl sites for hydroxylation is 2. The van der Waals surface area contributed by atoms with Crippen LogP contribution < -0.4 is 10.6 Å². The van der Waals surface area contributed by atoms with Crippen molar-refractivity contribution < 1.29 is 4.79 Å². The van der Waals surface area contributed by atoms with E-state index in [0.29, 0.717) is 15.7 Å². The number of hydrogen-bond donors (Lipinski definition) is 2. The summed E-state index contributed by atoms with van der Waals surface area (Å²) in [7, 11) is 0. The Balaban J connectivity index is 1.95. The third kappa shape index (κ3) is 4.66. The van der Waals surface area contributed by atoms with E-state index in [2.05, 4.69) is 16.7 Å². The van der Waals surface area contributed by atoms with E-state index in [1.165, 1.54) is 0 Å². The molecule has 0 saturated carbocycles. The first-order valence-electron chi connectivity index (χ1n) is 6.51. The molecule has 2 aromatic carbocycles. The monoisotopic (exact) mass is 322 g/mol. The normalized spacial score (nSPS) is 10.3. The maximum Gasteiger partial charge on any atom is 0.243 e. The summed E-state index contributed by atoms with van der Waals surface area (Å²) in [5.74, 6) is -0.168. The van der Waals surface area contributed by atoms with Crippen molar-refractivity contribution in [2.45, 2.75) is 13.8 Å². The molecule has 0 fully saturated rings. The van der Waals surface area contributed by atoms with Crippen LogP contribution in [0.5, 0.6) is 0 Å². The largest absolute Gasteiger partial charge is 0.376 e. The van der Waals surface area contributed by atoms with E-state index >= 15 is 0 Å². The number of benzene rings is 2. The molecular formula is C16H16Cl2N2O. The number of rotatable bonds is 4. The van der Waals surface area contributed by atoms with Gasteiger partial charge in [-0.05, 0) is 55.3 Å². The molecule has 110 valence electrons. The number of halogens is 2. The molecule has 5 heteroatoms. The topological polar surface area (TPSA) is 41.1 Å². The molecule has 0 unspecified atom stereocenters. The van der Waals surface area contributed by atoms with Gasteiger partial charge in [0.05, 0.1) is 17.3 Å². The van der Waals surface area contributed by atoms with Crippen molar-refractivity contribution in [3.05, 3.63) is 57.6 Å². The summed E-state index contributed by atoms with van der Waals surface area (Å²) in [4.78, 5) is 11.9. The van der Waals surface area contributed by atoms with Crippen LogP contribution in [0.4, 0.5) is 11.4 Å². The highest BCUT2D eigenvalue weighted by Crippen LogP contribution is 2.25. The van der Waals surface area contributed by atoms with E-state index < -0.39 is 0 Å². The molecule has 0 aliphatic heterocycles. The molecule has 0 aromatic heterocycles. The Morgan fingerprint density at radius 3 is 2.33 bits per heavy atom. The number of anilines is 2. The van der Waals surface area contributed by atoms with Gasteiger partial charge in [-0.3, -0.25) is 4.79 Å². The molecular weight excluding hydrogens is 307 g/mol. The number of nitrogens with one attached hydrogen (secondary N) is 2. The second kappa shape index (κ2) is 6.83. The van der Waals surface area contributed by atoms with Crippen molar-refractivity contribution in [3.8, 4) is 0 Å². The van der Waals surface area contributed by atoms with Gasteiger partial charge in [0.2, 0.25) is 5.91 Å². The molecule has 0 bridgehead atoms. The van der Waals surface area contributed by atoms with Crippen LogP contribution >= 0.6 is 23.2 Å². The van der Waals surface area contributed by atoms with Crippen molar-refractivity contribution >= 4 is 40.5 Å². The van der Waals surface area contributed by atoms with Crippen molar-refractivity contribution in [1.29, 1.82) is 0 Å². The van der Waals surface area contributed by atoms with Gasteiger partial charge in [0.25, 0.3) is 0 Å².